The number of nitrogens with zero attached hydrogens (tertiary/aromatic N) is 1. The zero-order chi connectivity index (χ0) is 23.0. The van der Waals surface area contributed by atoms with Gasteiger partial charge in [-0.1, -0.05) is 26.8 Å². The van der Waals surface area contributed by atoms with Gasteiger partial charge in [0.25, 0.3) is 0 Å². The van der Waals surface area contributed by atoms with Gasteiger partial charge >= 0.3 is 0 Å². The van der Waals surface area contributed by atoms with Gasteiger partial charge < -0.3 is 18.5 Å². The predicted molar refractivity (Wildman–Crippen MR) is 125 cm³/mol. The normalized spacial score (nSPS) is 23.2. The topological polar surface area (TPSA) is 75.7 Å². The standard InChI is InChI=1S/C22H40N2O4SSi/c1-20(2,3)29(25)24-18(17-15-26-22(7,8)27-17)19(16-13-11-12-14-23-16)28-30(9,10)21(4,5)6/h11-14,17-19,24H,15H2,1-10H3/t17-,18?,19?,29-/m1/s1. The molecule has 0 aliphatic carbocycles. The van der Waals surface area contributed by atoms with Crippen LogP contribution in [0.25, 0.3) is 0 Å². The number of aromatic nitrogens is 1. The second kappa shape index (κ2) is 9.17. The third-order valence-corrected chi connectivity index (χ3v) is 11.8. The van der Waals surface area contributed by atoms with Crippen molar-refractivity contribution >= 4 is 19.7 Å². The molecule has 0 bridgehead atoms. The summed E-state index contributed by atoms with van der Waals surface area (Å²) in [5.74, 6) is -0.695. The monoisotopic (exact) mass is 456 g/mol. The first-order valence-electron chi connectivity index (χ1n) is 10.6. The Bertz CT molecular complexity index is 689. The van der Waals surface area contributed by atoms with E-state index < -0.39 is 36.3 Å². The molecule has 2 unspecified atom stereocenters. The molecule has 1 aromatic heterocycles. The summed E-state index contributed by atoms with van der Waals surface area (Å²) in [6, 6.07) is 5.43. The van der Waals surface area contributed by atoms with Gasteiger partial charge in [0, 0.05) is 17.6 Å². The Kier molecular flexibility index (Phi) is 7.88. The lowest BCUT2D eigenvalue weighted by Crippen LogP contribution is -2.55. The van der Waals surface area contributed by atoms with Crippen LogP contribution in [0.4, 0.5) is 0 Å². The van der Waals surface area contributed by atoms with Gasteiger partial charge in [0.1, 0.15) is 23.0 Å². The van der Waals surface area contributed by atoms with Crippen molar-refractivity contribution < 1.29 is 18.5 Å². The van der Waals surface area contributed by atoms with Crippen LogP contribution in [-0.4, -0.2) is 47.1 Å². The van der Waals surface area contributed by atoms with Crippen molar-refractivity contribution in [2.45, 2.75) is 102 Å². The van der Waals surface area contributed by atoms with E-state index in [1.807, 2.05) is 52.8 Å². The summed E-state index contributed by atoms with van der Waals surface area (Å²) in [7, 11) is -2.17. The maximum Gasteiger partial charge on any atom is 0.193 e. The maximum atomic E-state index is 13.1. The van der Waals surface area contributed by atoms with Crippen LogP contribution in [0.3, 0.4) is 0 Å². The summed E-state index contributed by atoms with van der Waals surface area (Å²) in [5.41, 5.74) is 0.805. The Morgan fingerprint density at radius 3 is 2.30 bits per heavy atom. The number of rotatable bonds is 7. The molecule has 172 valence electrons. The number of pyridine rings is 1. The third kappa shape index (κ3) is 6.51. The molecule has 1 aliphatic rings. The van der Waals surface area contributed by atoms with Crippen LogP contribution >= 0.6 is 0 Å². The smallest absolute Gasteiger partial charge is 0.193 e. The summed E-state index contributed by atoms with van der Waals surface area (Å²) in [6.07, 6.45) is 1.04. The maximum absolute atomic E-state index is 13.1. The second-order valence-corrected chi connectivity index (χ2v) is 17.7. The SMILES string of the molecule is CC1(C)OC[C@H](C(N[S@+]([O-])C(C)(C)C)C(O[Si](C)(C)C(C)(C)C)c2ccccn2)O1. The molecular weight excluding hydrogens is 416 g/mol. The van der Waals surface area contributed by atoms with E-state index in [-0.39, 0.29) is 17.2 Å². The first kappa shape index (κ1) is 25.8. The Morgan fingerprint density at radius 1 is 1.23 bits per heavy atom. The quantitative estimate of drug-likeness (QED) is 0.473. The fourth-order valence-electron chi connectivity index (χ4n) is 2.88. The molecule has 6 nitrogen and oxygen atoms in total. The van der Waals surface area contributed by atoms with E-state index in [2.05, 4.69) is 43.6 Å². The highest BCUT2D eigenvalue weighted by molar-refractivity contribution is 7.90. The lowest BCUT2D eigenvalue weighted by Gasteiger charge is -2.42. The summed E-state index contributed by atoms with van der Waals surface area (Å²) < 4.78 is 35.0. The molecule has 4 atom stereocenters. The average Bonchev–Trinajstić information content (AvgIpc) is 2.96. The van der Waals surface area contributed by atoms with Crippen molar-refractivity contribution in [2.24, 2.45) is 0 Å². The van der Waals surface area contributed by atoms with Crippen molar-refractivity contribution in [1.82, 2.24) is 9.71 Å². The van der Waals surface area contributed by atoms with Gasteiger partial charge in [0.05, 0.1) is 12.3 Å². The molecule has 30 heavy (non-hydrogen) atoms. The summed E-state index contributed by atoms with van der Waals surface area (Å²) >= 11 is -1.31. The highest BCUT2D eigenvalue weighted by Crippen LogP contribution is 2.42. The minimum Gasteiger partial charge on any atom is -0.598 e. The Morgan fingerprint density at radius 2 is 1.87 bits per heavy atom. The minimum atomic E-state index is -2.17. The second-order valence-electron chi connectivity index (χ2n) is 10.9. The Balaban J connectivity index is 2.48. The molecule has 2 heterocycles. The number of hydrogen-bond acceptors (Lipinski definition) is 6. The van der Waals surface area contributed by atoms with Gasteiger partial charge in [-0.25, -0.2) is 0 Å². The zero-order valence-electron chi connectivity index (χ0n) is 20.2. The van der Waals surface area contributed by atoms with Gasteiger partial charge in [-0.3, -0.25) is 4.98 Å². The van der Waals surface area contributed by atoms with E-state index in [4.69, 9.17) is 13.9 Å². The van der Waals surface area contributed by atoms with Crippen molar-refractivity contribution in [3.8, 4) is 0 Å². The van der Waals surface area contributed by atoms with Crippen molar-refractivity contribution in [2.75, 3.05) is 6.61 Å². The molecular formula is C22H40N2O4SSi. The number of nitrogens with one attached hydrogen (secondary N) is 1. The van der Waals surface area contributed by atoms with Crippen molar-refractivity contribution in [1.29, 1.82) is 0 Å². The van der Waals surface area contributed by atoms with Crippen LogP contribution in [-0.2, 0) is 25.3 Å². The summed E-state index contributed by atoms with van der Waals surface area (Å²) in [4.78, 5) is 4.61. The first-order valence-corrected chi connectivity index (χ1v) is 14.7. The summed E-state index contributed by atoms with van der Waals surface area (Å²) in [6.45, 7) is 21.1. The fraction of sp³-hybridized carbons (Fsp3) is 0.773. The molecule has 1 saturated heterocycles. The highest BCUT2D eigenvalue weighted by Gasteiger charge is 2.48. The van der Waals surface area contributed by atoms with Crippen LogP contribution < -0.4 is 4.72 Å². The molecule has 1 aromatic rings. The van der Waals surface area contributed by atoms with Gasteiger partial charge in [0.2, 0.25) is 0 Å². The van der Waals surface area contributed by atoms with Crippen LogP contribution in [0, 0.1) is 0 Å². The molecule has 8 heteroatoms. The molecule has 2 rings (SSSR count). The third-order valence-electron chi connectivity index (χ3n) is 5.76. The number of ether oxygens (including phenoxy) is 2. The van der Waals surface area contributed by atoms with Gasteiger partial charge in [-0.05, 0) is 64.9 Å². The van der Waals surface area contributed by atoms with Crippen molar-refractivity contribution in [3.05, 3.63) is 30.1 Å². The van der Waals surface area contributed by atoms with Crippen LogP contribution in [0.5, 0.6) is 0 Å². The summed E-state index contributed by atoms with van der Waals surface area (Å²) in [5, 5.41) is 0.0140. The molecule has 0 spiro atoms. The fourth-order valence-corrected chi connectivity index (χ4v) is 5.01. The largest absolute Gasteiger partial charge is 0.598 e. The Labute approximate surface area is 186 Å². The first-order chi connectivity index (χ1) is 13.5. The van der Waals surface area contributed by atoms with Crippen LogP contribution in [0.2, 0.25) is 18.1 Å². The van der Waals surface area contributed by atoms with Gasteiger partial charge in [0.15, 0.2) is 14.1 Å². The molecule has 1 fully saturated rings. The zero-order valence-corrected chi connectivity index (χ0v) is 22.1. The van der Waals surface area contributed by atoms with E-state index in [9.17, 15) is 4.55 Å². The minimum absolute atomic E-state index is 0.0140. The number of hydrogen-bond donors (Lipinski definition) is 1. The molecule has 1 N–H and O–H groups in total. The lowest BCUT2D eigenvalue weighted by atomic mass is 10.0. The molecule has 0 aromatic carbocycles. The highest BCUT2D eigenvalue weighted by atomic mass is 32.2. The predicted octanol–water partition coefficient (Wildman–Crippen LogP) is 4.72. The van der Waals surface area contributed by atoms with E-state index >= 15 is 0 Å². The van der Waals surface area contributed by atoms with Crippen molar-refractivity contribution in [3.63, 3.8) is 0 Å². The van der Waals surface area contributed by atoms with E-state index in [0.717, 1.165) is 5.69 Å². The average molecular weight is 457 g/mol. The van der Waals surface area contributed by atoms with Gasteiger partial charge in [-0.15, -0.1) is 4.72 Å². The molecule has 0 amide bonds. The molecule has 0 radical (unpaired) electrons. The van der Waals surface area contributed by atoms with Crippen LogP contribution in [0.1, 0.15) is 67.2 Å². The van der Waals surface area contributed by atoms with E-state index in [1.54, 1.807) is 6.20 Å². The van der Waals surface area contributed by atoms with Gasteiger partial charge in [-0.2, -0.15) is 0 Å². The lowest BCUT2D eigenvalue weighted by molar-refractivity contribution is -0.144. The van der Waals surface area contributed by atoms with E-state index in [0.29, 0.717) is 6.61 Å². The molecule has 0 saturated carbocycles. The molecule has 1 aliphatic heterocycles. The van der Waals surface area contributed by atoms with E-state index in [1.165, 1.54) is 0 Å². The Hall–Kier alpha value is -0.483. The van der Waals surface area contributed by atoms with Crippen LogP contribution in [0.15, 0.2) is 24.4 Å².